The molecule has 2 heterocycles. The molecule has 30 heavy (non-hydrogen) atoms. The smallest absolute Gasteiger partial charge is 0.208 e. The summed E-state index contributed by atoms with van der Waals surface area (Å²) in [4.78, 5) is 16.4. The Bertz CT molecular complexity index is 1260. The van der Waals surface area contributed by atoms with Gasteiger partial charge in [0.25, 0.3) is 0 Å². The summed E-state index contributed by atoms with van der Waals surface area (Å²) in [6.07, 6.45) is 1.74. The third kappa shape index (κ3) is 3.67. The lowest BCUT2D eigenvalue weighted by molar-refractivity contribution is -0.112. The van der Waals surface area contributed by atoms with Crippen LogP contribution in [0.2, 0.25) is 0 Å². The fourth-order valence-corrected chi connectivity index (χ4v) is 3.25. The summed E-state index contributed by atoms with van der Waals surface area (Å²) in [5.74, 6) is -0.0446. The number of carbonyl (C=O) groups is 1. The molecule has 0 saturated carbocycles. The van der Waals surface area contributed by atoms with Crippen molar-refractivity contribution in [1.82, 2.24) is 19.9 Å². The summed E-state index contributed by atoms with van der Waals surface area (Å²) < 4.78 is 1.80. The van der Waals surface area contributed by atoms with Crippen LogP contribution < -0.4 is 10.6 Å². The minimum atomic E-state index is -0.0446. The molecule has 0 atom stereocenters. The van der Waals surface area contributed by atoms with E-state index in [1.807, 2.05) is 50.2 Å². The molecule has 0 fully saturated rings. The van der Waals surface area contributed by atoms with Crippen LogP contribution in [0, 0.1) is 6.92 Å². The van der Waals surface area contributed by atoms with Gasteiger partial charge in [-0.25, -0.2) is 9.50 Å². The van der Waals surface area contributed by atoms with E-state index in [0.717, 1.165) is 39.6 Å². The van der Waals surface area contributed by atoms with Gasteiger partial charge in [0.2, 0.25) is 5.78 Å². The highest BCUT2D eigenvalue weighted by atomic mass is 16.1. The predicted octanol–water partition coefficient (Wildman–Crippen LogP) is 4.27. The molecule has 2 aromatic heterocycles. The summed E-state index contributed by atoms with van der Waals surface area (Å²) in [5, 5.41) is 11.0. The van der Waals surface area contributed by atoms with Crippen LogP contribution in [-0.4, -0.2) is 20.4 Å². The molecule has 1 aromatic carbocycles. The third-order valence-corrected chi connectivity index (χ3v) is 4.86. The maximum Gasteiger partial charge on any atom is 0.208 e. The monoisotopic (exact) mass is 397 g/mol. The van der Waals surface area contributed by atoms with E-state index in [1.165, 1.54) is 0 Å². The van der Waals surface area contributed by atoms with Gasteiger partial charge in [-0.2, -0.15) is 5.10 Å². The second-order valence-electron chi connectivity index (χ2n) is 7.43. The molecule has 1 aliphatic rings. The molecule has 6 nitrogen and oxygen atoms in total. The van der Waals surface area contributed by atoms with E-state index in [9.17, 15) is 4.79 Å². The van der Waals surface area contributed by atoms with Gasteiger partial charge in [-0.3, -0.25) is 4.79 Å². The molecule has 0 aliphatic heterocycles. The molecule has 0 saturated heterocycles. The summed E-state index contributed by atoms with van der Waals surface area (Å²) in [7, 11) is 0. The predicted molar refractivity (Wildman–Crippen MR) is 121 cm³/mol. The van der Waals surface area contributed by atoms with E-state index in [1.54, 1.807) is 10.6 Å². The first-order valence-electron chi connectivity index (χ1n) is 9.59. The Labute approximate surface area is 175 Å². The molecule has 0 spiro atoms. The number of aromatic nitrogens is 3. The Morgan fingerprint density at radius 1 is 1.20 bits per heavy atom. The lowest BCUT2D eigenvalue weighted by Crippen LogP contribution is -2.21. The average molecular weight is 397 g/mol. The molecule has 3 aromatic rings. The number of Topliss-reactive ketones (excluding diaryl/α,β-unsaturated/α-hetero) is 1. The Balaban J connectivity index is 1.49. The van der Waals surface area contributed by atoms with Gasteiger partial charge in [-0.1, -0.05) is 31.9 Å². The van der Waals surface area contributed by atoms with Gasteiger partial charge in [0.1, 0.15) is 0 Å². The Kier molecular flexibility index (Phi) is 4.83. The fraction of sp³-hybridized carbons (Fsp3) is 0.125. The highest BCUT2D eigenvalue weighted by Crippen LogP contribution is 2.23. The maximum atomic E-state index is 11.7. The second kappa shape index (κ2) is 7.48. The van der Waals surface area contributed by atoms with Crippen molar-refractivity contribution >= 4 is 28.4 Å². The number of rotatable bonds is 7. The van der Waals surface area contributed by atoms with Crippen molar-refractivity contribution in [2.75, 3.05) is 5.32 Å². The van der Waals surface area contributed by atoms with Crippen molar-refractivity contribution in [3.63, 3.8) is 0 Å². The molecule has 4 rings (SSSR count). The van der Waals surface area contributed by atoms with Crippen LogP contribution in [0.1, 0.15) is 29.6 Å². The lowest BCUT2D eigenvalue weighted by atomic mass is 9.98. The van der Waals surface area contributed by atoms with Gasteiger partial charge in [0.15, 0.2) is 5.65 Å². The number of aryl methyl sites for hydroxylation is 1. The minimum Gasteiger partial charge on any atom is -0.380 e. The van der Waals surface area contributed by atoms with Crippen molar-refractivity contribution in [2.45, 2.75) is 20.4 Å². The number of carbonyl (C=O) groups excluding carboxylic acids is 1. The van der Waals surface area contributed by atoms with Gasteiger partial charge in [-0.05, 0) is 49.3 Å². The molecule has 150 valence electrons. The zero-order valence-electron chi connectivity index (χ0n) is 17.1. The Hall–Kier alpha value is -3.93. The second-order valence-corrected chi connectivity index (χ2v) is 7.43. The van der Waals surface area contributed by atoms with E-state index in [2.05, 4.69) is 40.5 Å². The van der Waals surface area contributed by atoms with Crippen LogP contribution in [0.25, 0.3) is 16.9 Å². The zero-order chi connectivity index (χ0) is 21.4. The van der Waals surface area contributed by atoms with E-state index < -0.39 is 0 Å². The first-order chi connectivity index (χ1) is 14.3. The van der Waals surface area contributed by atoms with Crippen molar-refractivity contribution < 1.29 is 4.79 Å². The maximum absolute atomic E-state index is 11.7. The number of allylic oxidation sites excluding steroid dienone is 3. The topological polar surface area (TPSA) is 71.3 Å². The number of anilines is 1. The third-order valence-electron chi connectivity index (χ3n) is 4.86. The molecule has 1 aliphatic carbocycles. The van der Waals surface area contributed by atoms with Gasteiger partial charge < -0.3 is 10.6 Å². The number of hydrogen-bond acceptors (Lipinski definition) is 5. The normalized spacial score (nSPS) is 13.1. The van der Waals surface area contributed by atoms with E-state index in [0.29, 0.717) is 23.5 Å². The highest BCUT2D eigenvalue weighted by Gasteiger charge is 2.21. The van der Waals surface area contributed by atoms with E-state index in [4.69, 9.17) is 0 Å². The number of nitrogens with one attached hydrogen (secondary N) is 2. The molecular formula is C24H23N5O. The molecule has 0 bridgehead atoms. The summed E-state index contributed by atoms with van der Waals surface area (Å²) in [6.45, 7) is 16.3. The average Bonchev–Trinajstić information content (AvgIpc) is 3.10. The van der Waals surface area contributed by atoms with Crippen molar-refractivity contribution in [3.05, 3.63) is 96.1 Å². The lowest BCUT2D eigenvalue weighted by Gasteiger charge is -2.18. The van der Waals surface area contributed by atoms with E-state index >= 15 is 0 Å². The number of fused-ring (bicyclic) bond motifs is 1. The minimum absolute atomic E-state index is 0.0446. The number of nitrogens with zero attached hydrogens (tertiary/aromatic N) is 3. The fourth-order valence-electron chi connectivity index (χ4n) is 3.25. The number of hydrogen-bond donors (Lipinski definition) is 2. The summed E-state index contributed by atoms with van der Waals surface area (Å²) in [5.41, 5.74) is 7.92. The van der Waals surface area contributed by atoms with Crippen LogP contribution in [-0.2, 0) is 11.3 Å². The van der Waals surface area contributed by atoms with Crippen LogP contribution in [0.15, 0.2) is 73.5 Å². The summed E-state index contributed by atoms with van der Waals surface area (Å²) >= 11 is 0. The molecule has 0 radical (unpaired) electrons. The van der Waals surface area contributed by atoms with Gasteiger partial charge in [0, 0.05) is 23.9 Å². The molecule has 6 heteroatoms. The van der Waals surface area contributed by atoms with E-state index in [-0.39, 0.29) is 5.78 Å². The molecular weight excluding hydrogens is 374 g/mol. The quantitative estimate of drug-likeness (QED) is 0.583. The van der Waals surface area contributed by atoms with Gasteiger partial charge in [0.05, 0.1) is 28.5 Å². The summed E-state index contributed by atoms with van der Waals surface area (Å²) in [6, 6.07) is 11.7. The van der Waals surface area contributed by atoms with Crippen molar-refractivity contribution in [1.29, 1.82) is 0 Å². The van der Waals surface area contributed by atoms with Crippen LogP contribution in [0.4, 0.5) is 5.69 Å². The Morgan fingerprint density at radius 2 is 2.00 bits per heavy atom. The number of ketones is 1. The largest absolute Gasteiger partial charge is 0.380 e. The Morgan fingerprint density at radius 3 is 2.70 bits per heavy atom. The molecule has 0 amide bonds. The molecule has 2 N–H and O–H groups in total. The van der Waals surface area contributed by atoms with Crippen LogP contribution in [0.3, 0.4) is 0 Å². The standard InChI is InChI=1S/C24H23N5O/c1-14(2)22-12-20(27-23-10-16(4)28-29(22)23)17(5)25-13-18-7-6-8-19(11-18)26-21-9-15(3)24(21)30/h6-12,25-26H,1,3,5,13H2,2,4H3. The van der Waals surface area contributed by atoms with Crippen LogP contribution in [0.5, 0.6) is 0 Å². The first kappa shape index (κ1) is 19.4. The number of benzene rings is 1. The van der Waals surface area contributed by atoms with Crippen molar-refractivity contribution in [2.24, 2.45) is 0 Å². The highest BCUT2D eigenvalue weighted by molar-refractivity contribution is 6.18. The van der Waals surface area contributed by atoms with Crippen molar-refractivity contribution in [3.8, 4) is 0 Å². The van der Waals surface area contributed by atoms with Gasteiger partial charge in [-0.15, -0.1) is 0 Å². The van der Waals surface area contributed by atoms with Gasteiger partial charge >= 0.3 is 0 Å². The first-order valence-corrected chi connectivity index (χ1v) is 9.59. The molecule has 0 unspecified atom stereocenters. The SMILES string of the molecule is C=C1C=C(Nc2cccc(CNC(=C)c3cc(C(=C)C)n4nc(C)cc4n3)c2)C1=O. The van der Waals surface area contributed by atoms with Crippen LogP contribution >= 0.6 is 0 Å². The zero-order valence-corrected chi connectivity index (χ0v) is 17.1.